The van der Waals surface area contributed by atoms with E-state index >= 15 is 0 Å². The Kier molecular flexibility index (Phi) is 4.72. The molecule has 0 unspecified atom stereocenters. The summed E-state index contributed by atoms with van der Waals surface area (Å²) in [7, 11) is 1.88. The van der Waals surface area contributed by atoms with Crippen LogP contribution in [-0.4, -0.2) is 39.3 Å². The van der Waals surface area contributed by atoms with E-state index in [-0.39, 0.29) is 12.5 Å². The molecule has 1 N–H and O–H groups in total. The molecule has 7 heteroatoms. The molecule has 2 heterocycles. The maximum Gasteiger partial charge on any atom is 0.239 e. The number of benzene rings is 1. The van der Waals surface area contributed by atoms with E-state index in [2.05, 4.69) is 15.6 Å². The molecule has 0 aliphatic rings. The van der Waals surface area contributed by atoms with Crippen LogP contribution in [0.1, 0.15) is 11.3 Å². The number of amides is 1. The van der Waals surface area contributed by atoms with E-state index in [0.717, 1.165) is 11.3 Å². The van der Waals surface area contributed by atoms with Gasteiger partial charge in [-0.2, -0.15) is 5.10 Å². The van der Waals surface area contributed by atoms with Gasteiger partial charge in [0.2, 0.25) is 5.91 Å². The van der Waals surface area contributed by atoms with E-state index in [1.54, 1.807) is 13.0 Å². The van der Waals surface area contributed by atoms with E-state index in [1.165, 1.54) is 0 Å². The molecular formula is C17H19N5O2. The van der Waals surface area contributed by atoms with Gasteiger partial charge in [0.15, 0.2) is 5.82 Å². The molecule has 3 aromatic rings. The Morgan fingerprint density at radius 3 is 2.83 bits per heavy atom. The number of nitrogens with zero attached hydrogens (tertiary/aromatic N) is 4. The minimum atomic E-state index is -0.138. The van der Waals surface area contributed by atoms with E-state index in [1.807, 2.05) is 59.4 Å². The van der Waals surface area contributed by atoms with Gasteiger partial charge in [0.1, 0.15) is 5.76 Å². The number of aryl methyl sites for hydroxylation is 1. The number of likely N-dealkylation sites (N-methyl/N-ethyl adjacent to an activating group) is 1. The number of hydrogen-bond acceptors (Lipinski definition) is 5. The standard InChI is InChI=1S/C17H19N5O2/c1-13-8-16(20-24-13)19-17(23)12-21(2)10-14-9-18-22(11-14)15-6-4-3-5-7-15/h3-9,11H,10,12H2,1-2H3,(H,19,20,23). The van der Waals surface area contributed by atoms with Gasteiger partial charge < -0.3 is 9.84 Å². The lowest BCUT2D eigenvalue weighted by Gasteiger charge is -2.14. The third kappa shape index (κ3) is 4.08. The Morgan fingerprint density at radius 1 is 1.33 bits per heavy atom. The van der Waals surface area contributed by atoms with Crippen molar-refractivity contribution in [1.82, 2.24) is 19.8 Å². The lowest BCUT2D eigenvalue weighted by Crippen LogP contribution is -2.29. The first-order chi connectivity index (χ1) is 11.6. The zero-order valence-electron chi connectivity index (χ0n) is 13.6. The number of hydrogen-bond donors (Lipinski definition) is 1. The first-order valence-electron chi connectivity index (χ1n) is 7.61. The molecule has 3 rings (SSSR count). The van der Waals surface area contributed by atoms with Crippen molar-refractivity contribution in [3.8, 4) is 5.69 Å². The van der Waals surface area contributed by atoms with Crippen LogP contribution in [0.5, 0.6) is 0 Å². The van der Waals surface area contributed by atoms with Crippen LogP contribution in [0.3, 0.4) is 0 Å². The molecule has 24 heavy (non-hydrogen) atoms. The second-order valence-electron chi connectivity index (χ2n) is 5.67. The van der Waals surface area contributed by atoms with Crippen molar-refractivity contribution in [2.24, 2.45) is 0 Å². The molecule has 0 atom stereocenters. The zero-order chi connectivity index (χ0) is 16.9. The highest BCUT2D eigenvalue weighted by Gasteiger charge is 2.11. The predicted octanol–water partition coefficient (Wildman–Crippen LogP) is 2.24. The van der Waals surface area contributed by atoms with Crippen LogP contribution in [0.4, 0.5) is 5.82 Å². The van der Waals surface area contributed by atoms with Crippen LogP contribution in [0.15, 0.2) is 53.3 Å². The van der Waals surface area contributed by atoms with Crippen molar-refractivity contribution < 1.29 is 9.32 Å². The zero-order valence-corrected chi connectivity index (χ0v) is 13.6. The number of anilines is 1. The van der Waals surface area contributed by atoms with E-state index in [4.69, 9.17) is 4.52 Å². The van der Waals surface area contributed by atoms with Crippen LogP contribution < -0.4 is 5.32 Å². The van der Waals surface area contributed by atoms with Crippen LogP contribution in [0.2, 0.25) is 0 Å². The first-order valence-corrected chi connectivity index (χ1v) is 7.61. The number of para-hydroxylation sites is 1. The van der Waals surface area contributed by atoms with Crippen molar-refractivity contribution in [2.75, 3.05) is 18.9 Å². The highest BCUT2D eigenvalue weighted by Crippen LogP contribution is 2.10. The average molecular weight is 325 g/mol. The third-order valence-corrected chi connectivity index (χ3v) is 3.42. The summed E-state index contributed by atoms with van der Waals surface area (Å²) in [5, 5.41) is 10.8. The number of rotatable bonds is 6. The summed E-state index contributed by atoms with van der Waals surface area (Å²) in [5.41, 5.74) is 2.04. The fraction of sp³-hybridized carbons (Fsp3) is 0.235. The summed E-state index contributed by atoms with van der Waals surface area (Å²) in [4.78, 5) is 13.9. The molecule has 0 bridgehead atoms. The molecule has 0 spiro atoms. The molecule has 0 saturated heterocycles. The third-order valence-electron chi connectivity index (χ3n) is 3.42. The van der Waals surface area contributed by atoms with Crippen LogP contribution in [-0.2, 0) is 11.3 Å². The number of carbonyl (C=O) groups is 1. The molecular weight excluding hydrogens is 306 g/mol. The van der Waals surface area contributed by atoms with E-state index < -0.39 is 0 Å². The van der Waals surface area contributed by atoms with Gasteiger partial charge in [-0.25, -0.2) is 4.68 Å². The molecule has 7 nitrogen and oxygen atoms in total. The smallest absolute Gasteiger partial charge is 0.239 e. The number of carbonyl (C=O) groups excluding carboxylic acids is 1. The SMILES string of the molecule is Cc1cc(NC(=O)CN(C)Cc2cnn(-c3ccccc3)c2)no1. The molecule has 1 aromatic carbocycles. The molecule has 0 aliphatic heterocycles. The number of nitrogens with one attached hydrogen (secondary N) is 1. The van der Waals surface area contributed by atoms with Gasteiger partial charge in [-0.15, -0.1) is 0 Å². The summed E-state index contributed by atoms with van der Waals surface area (Å²) in [5.74, 6) is 0.955. The highest BCUT2D eigenvalue weighted by atomic mass is 16.5. The predicted molar refractivity (Wildman–Crippen MR) is 89.8 cm³/mol. The van der Waals surface area contributed by atoms with Gasteiger partial charge >= 0.3 is 0 Å². The van der Waals surface area contributed by atoms with Crippen LogP contribution in [0.25, 0.3) is 5.69 Å². The minimum absolute atomic E-state index is 0.138. The minimum Gasteiger partial charge on any atom is -0.360 e. The van der Waals surface area contributed by atoms with Gasteiger partial charge in [-0.1, -0.05) is 23.4 Å². The Labute approximate surface area is 139 Å². The summed E-state index contributed by atoms with van der Waals surface area (Å²) in [6, 6.07) is 11.6. The molecule has 2 aromatic heterocycles. The highest BCUT2D eigenvalue weighted by molar-refractivity contribution is 5.91. The van der Waals surface area contributed by atoms with Crippen molar-refractivity contribution in [2.45, 2.75) is 13.5 Å². The van der Waals surface area contributed by atoms with Gasteiger partial charge in [0, 0.05) is 24.4 Å². The Morgan fingerprint density at radius 2 is 2.12 bits per heavy atom. The Bertz CT molecular complexity index is 809. The molecule has 0 fully saturated rings. The first kappa shape index (κ1) is 15.9. The lowest BCUT2D eigenvalue weighted by molar-refractivity contribution is -0.117. The van der Waals surface area contributed by atoms with Gasteiger partial charge in [-0.05, 0) is 26.1 Å². The van der Waals surface area contributed by atoms with Crippen LogP contribution >= 0.6 is 0 Å². The van der Waals surface area contributed by atoms with Crippen molar-refractivity contribution in [3.63, 3.8) is 0 Å². The molecule has 1 amide bonds. The second kappa shape index (κ2) is 7.10. The molecule has 0 radical (unpaired) electrons. The maximum absolute atomic E-state index is 12.0. The fourth-order valence-corrected chi connectivity index (χ4v) is 2.38. The van der Waals surface area contributed by atoms with E-state index in [9.17, 15) is 4.79 Å². The molecule has 0 aliphatic carbocycles. The van der Waals surface area contributed by atoms with Crippen molar-refractivity contribution in [1.29, 1.82) is 0 Å². The Hall–Kier alpha value is -2.93. The molecule has 124 valence electrons. The van der Waals surface area contributed by atoms with Gasteiger partial charge in [-0.3, -0.25) is 9.69 Å². The topological polar surface area (TPSA) is 76.2 Å². The summed E-state index contributed by atoms with van der Waals surface area (Å²) in [6.45, 7) is 2.65. The summed E-state index contributed by atoms with van der Waals surface area (Å²) < 4.78 is 6.74. The van der Waals surface area contributed by atoms with Gasteiger partial charge in [0.25, 0.3) is 0 Å². The normalized spacial score (nSPS) is 11.0. The summed E-state index contributed by atoms with van der Waals surface area (Å²) in [6.07, 6.45) is 3.77. The van der Waals surface area contributed by atoms with Crippen molar-refractivity contribution in [3.05, 3.63) is 60.1 Å². The van der Waals surface area contributed by atoms with Crippen molar-refractivity contribution >= 4 is 11.7 Å². The van der Waals surface area contributed by atoms with Gasteiger partial charge in [0.05, 0.1) is 18.4 Å². The maximum atomic E-state index is 12.0. The number of aromatic nitrogens is 3. The quantitative estimate of drug-likeness (QED) is 0.752. The second-order valence-corrected chi connectivity index (χ2v) is 5.67. The molecule has 0 saturated carbocycles. The largest absolute Gasteiger partial charge is 0.360 e. The van der Waals surface area contributed by atoms with E-state index in [0.29, 0.717) is 18.1 Å². The Balaban J connectivity index is 1.54. The lowest BCUT2D eigenvalue weighted by atomic mass is 10.3. The summed E-state index contributed by atoms with van der Waals surface area (Å²) >= 11 is 0. The van der Waals surface area contributed by atoms with Crippen LogP contribution in [0, 0.1) is 6.92 Å². The monoisotopic (exact) mass is 325 g/mol. The average Bonchev–Trinajstić information content (AvgIpc) is 3.17. The fourth-order valence-electron chi connectivity index (χ4n) is 2.38.